The number of carbonyl (C=O) groups is 1. The molecule has 0 aromatic heterocycles. The summed E-state index contributed by atoms with van der Waals surface area (Å²) in [5, 5.41) is 22.8. The molecular formula is C55H91NO3. The minimum Gasteiger partial charge on any atom is -0.394 e. The van der Waals surface area contributed by atoms with Crippen molar-refractivity contribution in [2.45, 2.75) is 212 Å². The Kier molecular flexibility index (Phi) is 46.5. The van der Waals surface area contributed by atoms with E-state index in [1.165, 1.54) is 96.3 Å². The van der Waals surface area contributed by atoms with Crippen LogP contribution in [0, 0.1) is 0 Å². The van der Waals surface area contributed by atoms with Gasteiger partial charge in [-0.1, -0.05) is 225 Å². The van der Waals surface area contributed by atoms with Crippen LogP contribution in [-0.2, 0) is 4.79 Å². The van der Waals surface area contributed by atoms with E-state index in [1.54, 1.807) is 6.08 Å². The van der Waals surface area contributed by atoms with E-state index in [4.69, 9.17) is 0 Å². The van der Waals surface area contributed by atoms with Gasteiger partial charge in [0.15, 0.2) is 0 Å². The number of nitrogens with one attached hydrogen (secondary N) is 1. The molecule has 0 aliphatic rings. The summed E-state index contributed by atoms with van der Waals surface area (Å²) in [5.74, 6) is -0.0768. The molecular weight excluding hydrogens is 723 g/mol. The lowest BCUT2D eigenvalue weighted by Gasteiger charge is -2.20. The highest BCUT2D eigenvalue weighted by atomic mass is 16.3. The Balaban J connectivity index is 3.58. The van der Waals surface area contributed by atoms with E-state index >= 15 is 0 Å². The van der Waals surface area contributed by atoms with Gasteiger partial charge in [-0.3, -0.25) is 4.79 Å². The van der Waals surface area contributed by atoms with Crippen LogP contribution in [0.25, 0.3) is 0 Å². The maximum absolute atomic E-state index is 12.3. The molecule has 0 saturated heterocycles. The van der Waals surface area contributed by atoms with E-state index in [0.29, 0.717) is 6.42 Å². The molecule has 0 fully saturated rings. The molecule has 334 valence electrons. The average Bonchev–Trinajstić information content (AvgIpc) is 3.24. The quantitative estimate of drug-likeness (QED) is 0.0425. The third-order valence-corrected chi connectivity index (χ3v) is 10.2. The highest BCUT2D eigenvalue weighted by molar-refractivity contribution is 5.76. The largest absolute Gasteiger partial charge is 0.394 e. The number of hydrogen-bond donors (Lipinski definition) is 3. The Morgan fingerprint density at radius 2 is 0.746 bits per heavy atom. The second-order valence-electron chi connectivity index (χ2n) is 15.8. The maximum Gasteiger partial charge on any atom is 0.220 e. The molecule has 3 N–H and O–H groups in total. The van der Waals surface area contributed by atoms with Gasteiger partial charge in [0.2, 0.25) is 5.91 Å². The van der Waals surface area contributed by atoms with Gasteiger partial charge >= 0.3 is 0 Å². The van der Waals surface area contributed by atoms with Gasteiger partial charge in [-0.15, -0.1) is 0 Å². The van der Waals surface area contributed by atoms with Gasteiger partial charge in [-0.25, -0.2) is 0 Å². The van der Waals surface area contributed by atoms with Crippen LogP contribution in [-0.4, -0.2) is 34.9 Å². The lowest BCUT2D eigenvalue weighted by Crippen LogP contribution is -2.45. The molecule has 0 heterocycles. The fourth-order valence-corrected chi connectivity index (χ4v) is 6.52. The van der Waals surface area contributed by atoms with Gasteiger partial charge in [-0.2, -0.15) is 0 Å². The molecule has 0 rings (SSSR count). The fraction of sp³-hybridized carbons (Fsp3) is 0.618. The van der Waals surface area contributed by atoms with Crippen molar-refractivity contribution in [1.29, 1.82) is 0 Å². The molecule has 2 unspecified atom stereocenters. The monoisotopic (exact) mass is 814 g/mol. The summed E-state index contributed by atoms with van der Waals surface area (Å²) in [4.78, 5) is 12.3. The second-order valence-corrected chi connectivity index (χ2v) is 15.8. The first-order valence-corrected chi connectivity index (χ1v) is 24.2. The molecule has 4 heteroatoms. The van der Waals surface area contributed by atoms with Crippen LogP contribution in [0.1, 0.15) is 200 Å². The lowest BCUT2D eigenvalue weighted by molar-refractivity contribution is -0.123. The number of aliphatic hydroxyl groups excluding tert-OH is 2. The number of amides is 1. The van der Waals surface area contributed by atoms with Gasteiger partial charge in [-0.05, 0) is 89.9 Å². The van der Waals surface area contributed by atoms with Crippen LogP contribution in [0.4, 0.5) is 0 Å². The SMILES string of the molecule is CC/C=C\C/C=C\C/C=C\C/C=C\C/C=C\C/C=C\C/C=C\C/C=C\C/C=C\CCCCCCCCCCCCCC(=O)NC(CO)C(O)/C=C/CCCCCCCC. The standard InChI is InChI=1S/C55H91NO3/c1-3-5-7-9-11-13-14-15-16-17-18-19-20-21-22-23-24-25-26-27-28-29-30-31-32-33-34-35-36-37-38-39-40-41-42-43-45-47-49-51-55(59)56-53(52-57)54(58)50-48-46-44-12-10-8-6-4-2/h5,7,11,13,15-16,18-19,21-22,24-25,27-28,30-31,33-34,48,50,53-54,57-58H,3-4,6,8-10,12,14,17,20,23,26,29,32,35-47,49,51-52H2,1-2H3,(H,56,59)/b7-5-,13-11-,16-15-,19-18-,22-21-,25-24-,28-27-,31-30-,34-33-,50-48+. The van der Waals surface area contributed by atoms with Crippen molar-refractivity contribution in [2.75, 3.05) is 6.61 Å². The maximum atomic E-state index is 12.3. The second kappa shape index (κ2) is 49.2. The van der Waals surface area contributed by atoms with E-state index in [0.717, 1.165) is 83.5 Å². The van der Waals surface area contributed by atoms with E-state index < -0.39 is 12.1 Å². The van der Waals surface area contributed by atoms with Crippen LogP contribution in [0.3, 0.4) is 0 Å². The number of rotatable bonds is 42. The van der Waals surface area contributed by atoms with Crippen molar-refractivity contribution in [3.05, 3.63) is 122 Å². The molecule has 0 saturated carbocycles. The van der Waals surface area contributed by atoms with Gasteiger partial charge < -0.3 is 15.5 Å². The van der Waals surface area contributed by atoms with Crippen molar-refractivity contribution in [1.82, 2.24) is 5.32 Å². The molecule has 1 amide bonds. The zero-order chi connectivity index (χ0) is 42.8. The van der Waals surface area contributed by atoms with Gasteiger partial charge in [0.1, 0.15) is 0 Å². The minimum absolute atomic E-state index is 0.0768. The van der Waals surface area contributed by atoms with Crippen molar-refractivity contribution in [3.63, 3.8) is 0 Å². The molecule has 4 nitrogen and oxygen atoms in total. The van der Waals surface area contributed by atoms with Gasteiger partial charge in [0.05, 0.1) is 18.8 Å². The Labute approximate surface area is 365 Å². The van der Waals surface area contributed by atoms with Crippen LogP contribution in [0.15, 0.2) is 122 Å². The Hall–Kier alpha value is -3.21. The average molecular weight is 814 g/mol. The molecule has 0 aliphatic heterocycles. The van der Waals surface area contributed by atoms with Crippen molar-refractivity contribution in [3.8, 4) is 0 Å². The van der Waals surface area contributed by atoms with E-state index in [2.05, 4.69) is 129 Å². The normalized spacial score (nSPS) is 14.0. The van der Waals surface area contributed by atoms with E-state index in [9.17, 15) is 15.0 Å². The number of carbonyl (C=O) groups excluding carboxylic acids is 1. The van der Waals surface area contributed by atoms with Crippen molar-refractivity contribution in [2.24, 2.45) is 0 Å². The molecule has 2 atom stereocenters. The topological polar surface area (TPSA) is 69.6 Å². The molecule has 0 aromatic rings. The molecule has 0 aliphatic carbocycles. The third kappa shape index (κ3) is 45.7. The van der Waals surface area contributed by atoms with Crippen molar-refractivity contribution < 1.29 is 15.0 Å². The molecule has 0 spiro atoms. The number of hydrogen-bond acceptors (Lipinski definition) is 3. The predicted octanol–water partition coefficient (Wildman–Crippen LogP) is 15.7. The summed E-state index contributed by atoms with van der Waals surface area (Å²) in [7, 11) is 0. The fourth-order valence-electron chi connectivity index (χ4n) is 6.52. The van der Waals surface area contributed by atoms with Crippen molar-refractivity contribution >= 4 is 5.91 Å². The highest BCUT2D eigenvalue weighted by Crippen LogP contribution is 2.13. The van der Waals surface area contributed by atoms with Crippen LogP contribution in [0.2, 0.25) is 0 Å². The summed E-state index contributed by atoms with van der Waals surface area (Å²) >= 11 is 0. The van der Waals surface area contributed by atoms with Crippen LogP contribution < -0.4 is 5.32 Å². The molecule has 0 radical (unpaired) electrons. The zero-order valence-electron chi connectivity index (χ0n) is 38.2. The Bertz CT molecular complexity index is 1200. The molecule has 0 aromatic carbocycles. The van der Waals surface area contributed by atoms with Crippen LogP contribution in [0.5, 0.6) is 0 Å². The molecule has 0 bridgehead atoms. The Morgan fingerprint density at radius 3 is 1.12 bits per heavy atom. The van der Waals surface area contributed by atoms with Gasteiger partial charge in [0, 0.05) is 6.42 Å². The first-order chi connectivity index (χ1) is 29.2. The summed E-state index contributed by atoms with van der Waals surface area (Å²) < 4.78 is 0. The first-order valence-electron chi connectivity index (χ1n) is 24.2. The number of aliphatic hydroxyl groups is 2. The van der Waals surface area contributed by atoms with Crippen LogP contribution >= 0.6 is 0 Å². The highest BCUT2D eigenvalue weighted by Gasteiger charge is 2.17. The summed E-state index contributed by atoms with van der Waals surface area (Å²) in [6.07, 6.45) is 76.2. The Morgan fingerprint density at radius 1 is 0.424 bits per heavy atom. The lowest BCUT2D eigenvalue weighted by atomic mass is 10.0. The molecule has 59 heavy (non-hydrogen) atoms. The zero-order valence-corrected chi connectivity index (χ0v) is 38.2. The van der Waals surface area contributed by atoms with E-state index in [-0.39, 0.29) is 12.5 Å². The predicted molar refractivity (Wildman–Crippen MR) is 262 cm³/mol. The summed E-state index contributed by atoms with van der Waals surface area (Å²) in [6.45, 7) is 4.14. The minimum atomic E-state index is -0.844. The van der Waals surface area contributed by atoms with E-state index in [1.807, 2.05) is 6.08 Å². The van der Waals surface area contributed by atoms with Gasteiger partial charge in [0.25, 0.3) is 0 Å². The first kappa shape index (κ1) is 55.8. The third-order valence-electron chi connectivity index (χ3n) is 10.2. The number of allylic oxidation sites excluding steroid dienone is 19. The number of unbranched alkanes of at least 4 members (excludes halogenated alkanes) is 17. The summed E-state index contributed by atoms with van der Waals surface area (Å²) in [5.41, 5.74) is 0. The summed E-state index contributed by atoms with van der Waals surface area (Å²) in [6, 6.07) is -0.628. The smallest absolute Gasteiger partial charge is 0.220 e.